The summed E-state index contributed by atoms with van der Waals surface area (Å²) in [5.41, 5.74) is 0.962. The van der Waals surface area contributed by atoms with Crippen LogP contribution in [-0.4, -0.2) is 26.6 Å². The van der Waals surface area contributed by atoms with Crippen LogP contribution in [0.3, 0.4) is 0 Å². The van der Waals surface area contributed by atoms with Crippen LogP contribution in [0.25, 0.3) is 0 Å². The first kappa shape index (κ1) is 13.3. The van der Waals surface area contributed by atoms with Gasteiger partial charge in [0.25, 0.3) is 0 Å². The fraction of sp³-hybridized carbons (Fsp3) is 0.643. The second-order valence-corrected chi connectivity index (χ2v) is 5.28. The molecule has 0 saturated carbocycles. The Labute approximate surface area is 118 Å². The summed E-state index contributed by atoms with van der Waals surface area (Å²) >= 11 is 0. The first-order valence-electron chi connectivity index (χ1n) is 7.16. The molecule has 108 valence electrons. The molecule has 0 radical (unpaired) electrons. The van der Waals surface area contributed by atoms with Crippen molar-refractivity contribution >= 4 is 0 Å². The quantitative estimate of drug-likeness (QED) is 0.855. The highest BCUT2D eigenvalue weighted by atomic mass is 16.5. The Morgan fingerprint density at radius 3 is 2.75 bits per heavy atom. The molecule has 1 saturated heterocycles. The SMILES string of the molecule is CCc1nc([C@H]2CCCN2Cc2nc(C)c(C)o2)no1. The van der Waals surface area contributed by atoms with Gasteiger partial charge in [0, 0.05) is 6.42 Å². The Balaban J connectivity index is 1.75. The van der Waals surface area contributed by atoms with Crippen molar-refractivity contribution in [3.8, 4) is 0 Å². The number of likely N-dealkylation sites (tertiary alicyclic amines) is 1. The molecule has 1 fully saturated rings. The minimum absolute atomic E-state index is 0.214. The molecule has 3 rings (SSSR count). The van der Waals surface area contributed by atoms with Crippen LogP contribution in [0.1, 0.15) is 54.9 Å². The summed E-state index contributed by atoms with van der Waals surface area (Å²) in [6.07, 6.45) is 2.97. The molecule has 6 nitrogen and oxygen atoms in total. The fourth-order valence-electron chi connectivity index (χ4n) is 2.64. The largest absolute Gasteiger partial charge is 0.444 e. The molecule has 0 N–H and O–H groups in total. The minimum atomic E-state index is 0.214. The van der Waals surface area contributed by atoms with Crippen molar-refractivity contribution in [2.45, 2.75) is 52.6 Å². The Hall–Kier alpha value is -1.69. The van der Waals surface area contributed by atoms with Crippen molar-refractivity contribution in [2.75, 3.05) is 6.54 Å². The van der Waals surface area contributed by atoms with Gasteiger partial charge in [-0.05, 0) is 33.2 Å². The second kappa shape index (κ2) is 5.36. The molecule has 0 bridgehead atoms. The highest BCUT2D eigenvalue weighted by molar-refractivity contribution is 5.06. The van der Waals surface area contributed by atoms with E-state index in [1.54, 1.807) is 0 Å². The van der Waals surface area contributed by atoms with Crippen molar-refractivity contribution in [1.29, 1.82) is 0 Å². The van der Waals surface area contributed by atoms with Gasteiger partial charge in [-0.15, -0.1) is 0 Å². The smallest absolute Gasteiger partial charge is 0.226 e. The van der Waals surface area contributed by atoms with E-state index < -0.39 is 0 Å². The van der Waals surface area contributed by atoms with E-state index in [9.17, 15) is 0 Å². The molecule has 0 aromatic carbocycles. The molecule has 0 unspecified atom stereocenters. The highest BCUT2D eigenvalue weighted by Crippen LogP contribution is 2.31. The predicted molar refractivity (Wildman–Crippen MR) is 72.0 cm³/mol. The lowest BCUT2D eigenvalue weighted by Gasteiger charge is -2.19. The Morgan fingerprint density at radius 2 is 2.10 bits per heavy atom. The van der Waals surface area contributed by atoms with Crippen LogP contribution in [0.5, 0.6) is 0 Å². The maximum Gasteiger partial charge on any atom is 0.226 e. The maximum atomic E-state index is 5.67. The lowest BCUT2D eigenvalue weighted by Crippen LogP contribution is -2.23. The highest BCUT2D eigenvalue weighted by Gasteiger charge is 2.31. The molecule has 0 spiro atoms. The van der Waals surface area contributed by atoms with Crippen LogP contribution in [0.2, 0.25) is 0 Å². The van der Waals surface area contributed by atoms with Crippen molar-refractivity contribution in [2.24, 2.45) is 0 Å². The summed E-state index contributed by atoms with van der Waals surface area (Å²) in [7, 11) is 0. The molecule has 3 heterocycles. The number of nitrogens with zero attached hydrogens (tertiary/aromatic N) is 4. The lowest BCUT2D eigenvalue weighted by molar-refractivity contribution is 0.211. The van der Waals surface area contributed by atoms with Crippen LogP contribution in [0.15, 0.2) is 8.94 Å². The standard InChI is InChI=1S/C14H20N4O2/c1-4-12-16-14(17-20-12)11-6-5-7-18(11)8-13-15-9(2)10(3)19-13/h11H,4-8H2,1-3H3/t11-/m1/s1. The van der Waals surface area contributed by atoms with Gasteiger partial charge in [0.2, 0.25) is 11.8 Å². The van der Waals surface area contributed by atoms with E-state index in [1.165, 1.54) is 0 Å². The van der Waals surface area contributed by atoms with E-state index in [-0.39, 0.29) is 6.04 Å². The Morgan fingerprint density at radius 1 is 1.25 bits per heavy atom. The molecule has 1 aliphatic rings. The molecule has 6 heteroatoms. The van der Waals surface area contributed by atoms with Crippen LogP contribution < -0.4 is 0 Å². The zero-order chi connectivity index (χ0) is 14.1. The van der Waals surface area contributed by atoms with Gasteiger partial charge >= 0.3 is 0 Å². The maximum absolute atomic E-state index is 5.67. The van der Waals surface area contributed by atoms with E-state index in [0.717, 1.165) is 49.0 Å². The number of hydrogen-bond donors (Lipinski definition) is 0. The second-order valence-electron chi connectivity index (χ2n) is 5.28. The average molecular weight is 276 g/mol. The van der Waals surface area contributed by atoms with E-state index in [4.69, 9.17) is 8.94 Å². The molecule has 1 atom stereocenters. The first-order chi connectivity index (χ1) is 9.67. The first-order valence-corrected chi connectivity index (χ1v) is 7.16. The Bertz CT molecular complexity index is 570. The zero-order valence-corrected chi connectivity index (χ0v) is 12.2. The number of hydrogen-bond acceptors (Lipinski definition) is 6. The van der Waals surface area contributed by atoms with Gasteiger partial charge in [0.05, 0.1) is 18.3 Å². The van der Waals surface area contributed by atoms with Crippen molar-refractivity contribution in [3.63, 3.8) is 0 Å². The molecule has 20 heavy (non-hydrogen) atoms. The number of rotatable bonds is 4. The van der Waals surface area contributed by atoms with Crippen molar-refractivity contribution in [1.82, 2.24) is 20.0 Å². The summed E-state index contributed by atoms with van der Waals surface area (Å²) < 4.78 is 10.9. The number of aryl methyl sites for hydroxylation is 3. The lowest BCUT2D eigenvalue weighted by atomic mass is 10.2. The summed E-state index contributed by atoms with van der Waals surface area (Å²) in [5.74, 6) is 3.16. The third kappa shape index (κ3) is 2.47. The number of oxazole rings is 1. The van der Waals surface area contributed by atoms with E-state index in [2.05, 4.69) is 20.0 Å². The topological polar surface area (TPSA) is 68.2 Å². The number of aromatic nitrogens is 3. The van der Waals surface area contributed by atoms with Gasteiger partial charge in [-0.3, -0.25) is 4.90 Å². The zero-order valence-electron chi connectivity index (χ0n) is 12.2. The van der Waals surface area contributed by atoms with E-state index in [0.29, 0.717) is 12.4 Å². The minimum Gasteiger partial charge on any atom is -0.444 e. The van der Waals surface area contributed by atoms with Crippen LogP contribution in [0.4, 0.5) is 0 Å². The van der Waals surface area contributed by atoms with Crippen LogP contribution in [0, 0.1) is 13.8 Å². The summed E-state index contributed by atoms with van der Waals surface area (Å²) in [6.45, 7) is 7.65. The average Bonchev–Trinajstić information content (AvgIpc) is 3.11. The predicted octanol–water partition coefficient (Wildman–Crippen LogP) is 2.57. The van der Waals surface area contributed by atoms with E-state index in [1.807, 2.05) is 20.8 Å². The molecule has 1 aliphatic heterocycles. The molecular formula is C14H20N4O2. The molecule has 2 aromatic heterocycles. The monoisotopic (exact) mass is 276 g/mol. The van der Waals surface area contributed by atoms with Gasteiger partial charge < -0.3 is 8.94 Å². The van der Waals surface area contributed by atoms with Gasteiger partial charge in [-0.25, -0.2) is 4.98 Å². The van der Waals surface area contributed by atoms with Gasteiger partial charge in [0.15, 0.2) is 5.82 Å². The normalized spacial score (nSPS) is 19.9. The Kier molecular flexibility index (Phi) is 3.56. The van der Waals surface area contributed by atoms with Crippen molar-refractivity contribution in [3.05, 3.63) is 29.1 Å². The molecule has 0 amide bonds. The third-order valence-corrected chi connectivity index (χ3v) is 3.86. The third-order valence-electron chi connectivity index (χ3n) is 3.86. The van der Waals surface area contributed by atoms with E-state index >= 15 is 0 Å². The summed E-state index contributed by atoms with van der Waals surface area (Å²) in [5, 5.41) is 4.10. The fourth-order valence-corrected chi connectivity index (χ4v) is 2.64. The molecule has 2 aromatic rings. The summed E-state index contributed by atoms with van der Waals surface area (Å²) in [4.78, 5) is 11.2. The molecule has 0 aliphatic carbocycles. The summed E-state index contributed by atoms with van der Waals surface area (Å²) in [6, 6.07) is 0.214. The van der Waals surface area contributed by atoms with Gasteiger partial charge in [0.1, 0.15) is 5.76 Å². The van der Waals surface area contributed by atoms with Gasteiger partial charge in [-0.1, -0.05) is 12.1 Å². The van der Waals surface area contributed by atoms with Gasteiger partial charge in [-0.2, -0.15) is 4.98 Å². The van der Waals surface area contributed by atoms with Crippen molar-refractivity contribution < 1.29 is 8.94 Å². The molecular weight excluding hydrogens is 256 g/mol. The van der Waals surface area contributed by atoms with Crippen LogP contribution >= 0.6 is 0 Å². The van der Waals surface area contributed by atoms with Crippen LogP contribution in [-0.2, 0) is 13.0 Å².